The van der Waals surface area contributed by atoms with Crippen LogP contribution in [0, 0.1) is 0 Å². The summed E-state index contributed by atoms with van der Waals surface area (Å²) in [6.45, 7) is 1.84. The maximum atomic E-state index is 12.4. The van der Waals surface area contributed by atoms with Gasteiger partial charge in [0.2, 0.25) is 5.91 Å². The highest BCUT2D eigenvalue weighted by Crippen LogP contribution is 2.20. The van der Waals surface area contributed by atoms with Crippen molar-refractivity contribution in [2.24, 2.45) is 0 Å². The summed E-state index contributed by atoms with van der Waals surface area (Å²) < 4.78 is 4.78. The maximum Gasteiger partial charge on any atom is 0.411 e. The Morgan fingerprint density at radius 2 is 1.70 bits per heavy atom. The van der Waals surface area contributed by atoms with Crippen LogP contribution in [0.2, 0.25) is 5.02 Å². The summed E-state index contributed by atoms with van der Waals surface area (Å²) in [4.78, 5) is 37.2. The number of benzene rings is 2. The lowest BCUT2D eigenvalue weighted by Crippen LogP contribution is -2.35. The van der Waals surface area contributed by atoms with E-state index in [0.717, 1.165) is 0 Å². The number of nitrogens with zero attached hydrogens (tertiary/aromatic N) is 1. The highest BCUT2D eigenvalue weighted by Gasteiger charge is 2.16. The number of carbonyl (C=O) groups excluding carboxylic acids is 3. The molecule has 2 aromatic carbocycles. The van der Waals surface area contributed by atoms with Gasteiger partial charge in [0.05, 0.1) is 23.9 Å². The first-order valence-electron chi connectivity index (χ1n) is 8.24. The Balaban J connectivity index is 1.93. The number of likely N-dealkylation sites (N-methyl/N-ethyl adjacent to an activating group) is 1. The molecular weight excluding hydrogens is 370 g/mol. The Kier molecular flexibility index (Phi) is 7.19. The van der Waals surface area contributed by atoms with E-state index < -0.39 is 6.09 Å². The molecule has 0 heterocycles. The number of hydrogen-bond donors (Lipinski definition) is 2. The molecule has 0 fully saturated rings. The molecule has 7 nitrogen and oxygen atoms in total. The molecule has 0 radical (unpaired) electrons. The lowest BCUT2D eigenvalue weighted by Gasteiger charge is -2.17. The minimum absolute atomic E-state index is 0.132. The van der Waals surface area contributed by atoms with Crippen LogP contribution in [0.25, 0.3) is 0 Å². The third-order valence-corrected chi connectivity index (χ3v) is 3.86. The Labute approximate surface area is 162 Å². The standard InChI is InChI=1S/C19H20ClN3O4/c1-3-27-19(26)21-14-10-8-13(9-11-14)18(25)23(2)12-17(24)22-16-7-5-4-6-15(16)20/h4-11H,3,12H2,1-2H3,(H,21,26)(H,22,24). The van der Waals surface area contributed by atoms with Crippen LogP contribution in [0.1, 0.15) is 17.3 Å². The molecular formula is C19H20ClN3O4. The van der Waals surface area contributed by atoms with Crippen molar-refractivity contribution >= 4 is 40.9 Å². The van der Waals surface area contributed by atoms with Crippen molar-refractivity contribution in [3.8, 4) is 0 Å². The van der Waals surface area contributed by atoms with Crippen LogP contribution in [0.5, 0.6) is 0 Å². The number of carbonyl (C=O) groups is 3. The second-order valence-corrected chi connectivity index (χ2v) is 6.02. The molecule has 142 valence electrons. The maximum absolute atomic E-state index is 12.4. The van der Waals surface area contributed by atoms with E-state index in [-0.39, 0.29) is 25.0 Å². The fourth-order valence-electron chi connectivity index (χ4n) is 2.24. The minimum atomic E-state index is -0.565. The van der Waals surface area contributed by atoms with Crippen LogP contribution >= 0.6 is 11.6 Å². The number of para-hydroxylation sites is 1. The number of anilines is 2. The molecule has 3 amide bonds. The quantitative estimate of drug-likeness (QED) is 0.789. The van der Waals surface area contributed by atoms with Gasteiger partial charge < -0.3 is 15.0 Å². The average molecular weight is 390 g/mol. The van der Waals surface area contributed by atoms with E-state index in [1.807, 2.05) is 0 Å². The molecule has 0 spiro atoms. The predicted octanol–water partition coefficient (Wildman–Crippen LogP) is 3.62. The smallest absolute Gasteiger partial charge is 0.411 e. The van der Waals surface area contributed by atoms with E-state index in [0.29, 0.717) is 22.0 Å². The number of amides is 3. The van der Waals surface area contributed by atoms with E-state index in [1.165, 1.54) is 11.9 Å². The van der Waals surface area contributed by atoms with Gasteiger partial charge in [-0.2, -0.15) is 0 Å². The molecule has 0 saturated carbocycles. The second-order valence-electron chi connectivity index (χ2n) is 5.61. The van der Waals surface area contributed by atoms with Crippen molar-refractivity contribution in [3.63, 3.8) is 0 Å². The first kappa shape index (κ1) is 20.3. The van der Waals surface area contributed by atoms with E-state index in [9.17, 15) is 14.4 Å². The second kappa shape index (κ2) is 9.59. The van der Waals surface area contributed by atoms with E-state index in [4.69, 9.17) is 16.3 Å². The summed E-state index contributed by atoms with van der Waals surface area (Å²) in [6, 6.07) is 13.1. The summed E-state index contributed by atoms with van der Waals surface area (Å²) in [7, 11) is 1.53. The molecule has 0 bridgehead atoms. The molecule has 27 heavy (non-hydrogen) atoms. The van der Waals surface area contributed by atoms with Crippen molar-refractivity contribution in [2.45, 2.75) is 6.92 Å². The van der Waals surface area contributed by atoms with Crippen molar-refractivity contribution < 1.29 is 19.1 Å². The van der Waals surface area contributed by atoms with Gasteiger partial charge in [-0.15, -0.1) is 0 Å². The Hall–Kier alpha value is -3.06. The van der Waals surface area contributed by atoms with Crippen molar-refractivity contribution in [1.29, 1.82) is 0 Å². The Bertz CT molecular complexity index is 824. The van der Waals surface area contributed by atoms with Gasteiger partial charge in [-0.1, -0.05) is 23.7 Å². The van der Waals surface area contributed by atoms with Gasteiger partial charge in [0.1, 0.15) is 0 Å². The third-order valence-electron chi connectivity index (χ3n) is 3.53. The summed E-state index contributed by atoms with van der Waals surface area (Å²) in [5.41, 5.74) is 1.38. The summed E-state index contributed by atoms with van der Waals surface area (Å²) >= 11 is 6.00. The van der Waals surface area contributed by atoms with Crippen molar-refractivity contribution in [2.75, 3.05) is 30.8 Å². The van der Waals surface area contributed by atoms with Crippen molar-refractivity contribution in [1.82, 2.24) is 4.90 Å². The number of hydrogen-bond acceptors (Lipinski definition) is 4. The number of rotatable bonds is 6. The van der Waals surface area contributed by atoms with Crippen LogP contribution in [0.15, 0.2) is 48.5 Å². The normalized spacial score (nSPS) is 10.0. The summed E-state index contributed by atoms with van der Waals surface area (Å²) in [6.07, 6.45) is -0.565. The van der Waals surface area contributed by atoms with Crippen LogP contribution in [-0.4, -0.2) is 43.0 Å². The van der Waals surface area contributed by atoms with Crippen LogP contribution in [0.3, 0.4) is 0 Å². The first-order valence-corrected chi connectivity index (χ1v) is 8.62. The zero-order valence-electron chi connectivity index (χ0n) is 15.0. The zero-order chi connectivity index (χ0) is 19.8. The van der Waals surface area contributed by atoms with E-state index in [1.54, 1.807) is 55.5 Å². The van der Waals surface area contributed by atoms with E-state index in [2.05, 4.69) is 10.6 Å². The van der Waals surface area contributed by atoms with Gasteiger partial charge in [-0.25, -0.2) is 4.79 Å². The number of halogens is 1. The lowest BCUT2D eigenvalue weighted by molar-refractivity contribution is -0.116. The van der Waals surface area contributed by atoms with Crippen LogP contribution in [-0.2, 0) is 9.53 Å². The molecule has 0 aliphatic heterocycles. The number of ether oxygens (including phenoxy) is 1. The van der Waals surface area contributed by atoms with Gasteiger partial charge in [-0.3, -0.25) is 14.9 Å². The molecule has 2 aromatic rings. The zero-order valence-corrected chi connectivity index (χ0v) is 15.7. The minimum Gasteiger partial charge on any atom is -0.450 e. The largest absolute Gasteiger partial charge is 0.450 e. The van der Waals surface area contributed by atoms with Gasteiger partial charge in [-0.05, 0) is 43.3 Å². The molecule has 0 aliphatic carbocycles. The van der Waals surface area contributed by atoms with Gasteiger partial charge >= 0.3 is 6.09 Å². The third kappa shape index (κ3) is 6.00. The summed E-state index contributed by atoms with van der Waals surface area (Å²) in [5, 5.41) is 5.63. The molecule has 0 aromatic heterocycles. The lowest BCUT2D eigenvalue weighted by atomic mass is 10.2. The highest BCUT2D eigenvalue weighted by molar-refractivity contribution is 6.33. The molecule has 0 atom stereocenters. The van der Waals surface area contributed by atoms with Crippen molar-refractivity contribution in [3.05, 3.63) is 59.1 Å². The molecule has 0 saturated heterocycles. The van der Waals surface area contributed by atoms with Gasteiger partial charge in [0.15, 0.2) is 0 Å². The van der Waals surface area contributed by atoms with Crippen LogP contribution < -0.4 is 10.6 Å². The molecule has 0 unspecified atom stereocenters. The molecule has 2 rings (SSSR count). The fourth-order valence-corrected chi connectivity index (χ4v) is 2.42. The molecule has 0 aliphatic rings. The first-order chi connectivity index (χ1) is 12.9. The van der Waals surface area contributed by atoms with Gasteiger partial charge in [0, 0.05) is 18.3 Å². The average Bonchev–Trinajstić information content (AvgIpc) is 2.63. The van der Waals surface area contributed by atoms with E-state index >= 15 is 0 Å². The predicted molar refractivity (Wildman–Crippen MR) is 104 cm³/mol. The Morgan fingerprint density at radius 3 is 2.33 bits per heavy atom. The highest BCUT2D eigenvalue weighted by atomic mass is 35.5. The van der Waals surface area contributed by atoms with Gasteiger partial charge in [0.25, 0.3) is 5.91 Å². The topological polar surface area (TPSA) is 87.7 Å². The van der Waals surface area contributed by atoms with Crippen LogP contribution in [0.4, 0.5) is 16.2 Å². The SMILES string of the molecule is CCOC(=O)Nc1ccc(C(=O)N(C)CC(=O)Nc2ccccc2Cl)cc1. The summed E-state index contributed by atoms with van der Waals surface area (Å²) in [5.74, 6) is -0.688. The molecule has 8 heteroatoms. The monoisotopic (exact) mass is 389 g/mol. The Morgan fingerprint density at radius 1 is 1.04 bits per heavy atom. The molecule has 2 N–H and O–H groups in total. The number of nitrogens with one attached hydrogen (secondary N) is 2. The fraction of sp³-hybridized carbons (Fsp3) is 0.211.